The highest BCUT2D eigenvalue weighted by Crippen LogP contribution is 2.25. The van der Waals surface area contributed by atoms with Gasteiger partial charge in [-0.05, 0) is 6.07 Å². The summed E-state index contributed by atoms with van der Waals surface area (Å²) in [6.07, 6.45) is 1.67. The second kappa shape index (κ2) is 6.83. The standard InChI is InChI=1S/C13H16F2N2.ClH/c1-2-12(17-8-6-16-7-9-17)10-4-3-5-11(14)13(10)15;/h2-5,12,16H,1,6-9H2;1H/t12-;/m0./s1. The summed E-state index contributed by atoms with van der Waals surface area (Å²) < 4.78 is 26.9. The summed E-state index contributed by atoms with van der Waals surface area (Å²) in [5, 5.41) is 3.23. The number of rotatable bonds is 3. The monoisotopic (exact) mass is 274 g/mol. The molecule has 0 bridgehead atoms. The third-order valence-electron chi connectivity index (χ3n) is 3.07. The molecule has 0 radical (unpaired) electrons. The molecule has 100 valence electrons. The van der Waals surface area contributed by atoms with Crippen LogP contribution in [-0.2, 0) is 0 Å². The average Bonchev–Trinajstić information content (AvgIpc) is 2.37. The minimum absolute atomic E-state index is 0. The van der Waals surface area contributed by atoms with Crippen molar-refractivity contribution in [3.05, 3.63) is 48.1 Å². The molecule has 1 fully saturated rings. The summed E-state index contributed by atoms with van der Waals surface area (Å²) in [6, 6.07) is 4.03. The molecule has 0 saturated carbocycles. The minimum Gasteiger partial charge on any atom is -0.314 e. The Morgan fingerprint density at radius 2 is 1.94 bits per heavy atom. The van der Waals surface area contributed by atoms with Gasteiger partial charge in [-0.15, -0.1) is 19.0 Å². The van der Waals surface area contributed by atoms with Gasteiger partial charge in [0.05, 0.1) is 6.04 Å². The number of hydrogen-bond acceptors (Lipinski definition) is 2. The average molecular weight is 275 g/mol. The van der Waals surface area contributed by atoms with Gasteiger partial charge in [0, 0.05) is 31.7 Å². The molecule has 1 N–H and O–H groups in total. The van der Waals surface area contributed by atoms with Crippen molar-refractivity contribution in [2.75, 3.05) is 26.2 Å². The molecule has 1 aromatic rings. The van der Waals surface area contributed by atoms with E-state index in [4.69, 9.17) is 0 Å². The van der Waals surface area contributed by atoms with Crippen LogP contribution in [0.2, 0.25) is 0 Å². The number of halogens is 3. The Morgan fingerprint density at radius 1 is 1.28 bits per heavy atom. The quantitative estimate of drug-likeness (QED) is 0.852. The van der Waals surface area contributed by atoms with Crippen molar-refractivity contribution >= 4 is 12.4 Å². The zero-order valence-corrected chi connectivity index (χ0v) is 10.9. The first kappa shape index (κ1) is 15.1. The van der Waals surface area contributed by atoms with Crippen LogP contribution in [0.5, 0.6) is 0 Å². The topological polar surface area (TPSA) is 15.3 Å². The van der Waals surface area contributed by atoms with E-state index in [9.17, 15) is 8.78 Å². The molecule has 1 aliphatic rings. The van der Waals surface area contributed by atoms with Gasteiger partial charge < -0.3 is 5.32 Å². The smallest absolute Gasteiger partial charge is 0.163 e. The third kappa shape index (κ3) is 3.07. The SMILES string of the molecule is C=C[C@@H](c1cccc(F)c1F)N1CCNCC1.Cl. The van der Waals surface area contributed by atoms with E-state index < -0.39 is 11.6 Å². The van der Waals surface area contributed by atoms with E-state index in [-0.39, 0.29) is 18.4 Å². The molecule has 1 aliphatic heterocycles. The number of nitrogens with one attached hydrogen (secondary N) is 1. The first-order chi connectivity index (χ1) is 8.24. The lowest BCUT2D eigenvalue weighted by atomic mass is 10.0. The molecule has 2 rings (SSSR count). The lowest BCUT2D eigenvalue weighted by molar-refractivity contribution is 0.199. The van der Waals surface area contributed by atoms with E-state index in [0.29, 0.717) is 5.56 Å². The predicted molar refractivity (Wildman–Crippen MR) is 71.0 cm³/mol. The normalized spacial score (nSPS) is 17.9. The van der Waals surface area contributed by atoms with E-state index in [1.165, 1.54) is 6.07 Å². The number of nitrogens with zero attached hydrogens (tertiary/aromatic N) is 1. The van der Waals surface area contributed by atoms with Crippen molar-refractivity contribution < 1.29 is 8.78 Å². The second-order valence-electron chi connectivity index (χ2n) is 4.11. The summed E-state index contributed by atoms with van der Waals surface area (Å²) in [6.45, 7) is 7.08. The Hall–Kier alpha value is -0.970. The first-order valence-corrected chi connectivity index (χ1v) is 5.75. The van der Waals surface area contributed by atoms with Crippen LogP contribution in [0.15, 0.2) is 30.9 Å². The van der Waals surface area contributed by atoms with Gasteiger partial charge >= 0.3 is 0 Å². The van der Waals surface area contributed by atoms with Gasteiger partial charge in [0.15, 0.2) is 11.6 Å². The highest BCUT2D eigenvalue weighted by Gasteiger charge is 2.23. The van der Waals surface area contributed by atoms with Crippen molar-refractivity contribution in [2.24, 2.45) is 0 Å². The fraction of sp³-hybridized carbons (Fsp3) is 0.385. The van der Waals surface area contributed by atoms with Crippen LogP contribution in [0.3, 0.4) is 0 Å². The van der Waals surface area contributed by atoms with Gasteiger partial charge in [-0.25, -0.2) is 8.78 Å². The molecule has 1 aromatic carbocycles. The molecule has 5 heteroatoms. The van der Waals surface area contributed by atoms with Gasteiger partial charge in [0.25, 0.3) is 0 Å². The maximum atomic E-state index is 13.7. The van der Waals surface area contributed by atoms with Crippen LogP contribution in [-0.4, -0.2) is 31.1 Å². The molecule has 0 spiro atoms. The Kier molecular flexibility index (Phi) is 5.72. The summed E-state index contributed by atoms with van der Waals surface area (Å²) in [5.74, 6) is -1.57. The molecular weight excluding hydrogens is 258 g/mol. The summed E-state index contributed by atoms with van der Waals surface area (Å²) in [5.41, 5.74) is 0.363. The van der Waals surface area contributed by atoms with E-state index >= 15 is 0 Å². The number of benzene rings is 1. The van der Waals surface area contributed by atoms with E-state index in [0.717, 1.165) is 32.2 Å². The third-order valence-corrected chi connectivity index (χ3v) is 3.07. The predicted octanol–water partition coefficient (Wildman–Crippen LogP) is 2.52. The van der Waals surface area contributed by atoms with Gasteiger partial charge in [-0.1, -0.05) is 18.2 Å². The van der Waals surface area contributed by atoms with Crippen LogP contribution in [0.4, 0.5) is 8.78 Å². The van der Waals surface area contributed by atoms with E-state index in [2.05, 4.69) is 16.8 Å². The van der Waals surface area contributed by atoms with Crippen molar-refractivity contribution in [3.63, 3.8) is 0 Å². The molecule has 0 unspecified atom stereocenters. The van der Waals surface area contributed by atoms with Crippen molar-refractivity contribution in [1.29, 1.82) is 0 Å². The first-order valence-electron chi connectivity index (χ1n) is 5.75. The Bertz CT molecular complexity index is 406. The van der Waals surface area contributed by atoms with Crippen molar-refractivity contribution in [3.8, 4) is 0 Å². The van der Waals surface area contributed by atoms with Gasteiger partial charge in [0.2, 0.25) is 0 Å². The van der Waals surface area contributed by atoms with Gasteiger partial charge in [0.1, 0.15) is 0 Å². The lowest BCUT2D eigenvalue weighted by Crippen LogP contribution is -2.44. The fourth-order valence-electron chi connectivity index (χ4n) is 2.18. The molecule has 1 atom stereocenters. The fourth-order valence-corrected chi connectivity index (χ4v) is 2.18. The molecule has 18 heavy (non-hydrogen) atoms. The summed E-state index contributed by atoms with van der Waals surface area (Å²) in [7, 11) is 0. The van der Waals surface area contributed by atoms with E-state index in [1.807, 2.05) is 0 Å². The molecule has 1 saturated heterocycles. The molecule has 2 nitrogen and oxygen atoms in total. The number of piperazine rings is 1. The Balaban J connectivity index is 0.00000162. The summed E-state index contributed by atoms with van der Waals surface area (Å²) in [4.78, 5) is 2.10. The molecular formula is C13H17ClF2N2. The highest BCUT2D eigenvalue weighted by molar-refractivity contribution is 5.85. The largest absolute Gasteiger partial charge is 0.314 e. The summed E-state index contributed by atoms with van der Waals surface area (Å²) >= 11 is 0. The van der Waals surface area contributed by atoms with Crippen LogP contribution in [0.1, 0.15) is 11.6 Å². The maximum Gasteiger partial charge on any atom is 0.163 e. The molecule has 0 aliphatic carbocycles. The van der Waals surface area contributed by atoms with Crippen molar-refractivity contribution in [2.45, 2.75) is 6.04 Å². The number of hydrogen-bond donors (Lipinski definition) is 1. The van der Waals surface area contributed by atoms with E-state index in [1.54, 1.807) is 12.1 Å². The molecule has 1 heterocycles. The zero-order valence-electron chi connectivity index (χ0n) is 10.0. The van der Waals surface area contributed by atoms with Crippen LogP contribution >= 0.6 is 12.4 Å². The van der Waals surface area contributed by atoms with Gasteiger partial charge in [-0.3, -0.25) is 4.90 Å². The van der Waals surface area contributed by atoms with Gasteiger partial charge in [-0.2, -0.15) is 0 Å². The lowest BCUT2D eigenvalue weighted by Gasteiger charge is -2.33. The highest BCUT2D eigenvalue weighted by atomic mass is 35.5. The van der Waals surface area contributed by atoms with Crippen LogP contribution in [0, 0.1) is 11.6 Å². The Morgan fingerprint density at radius 3 is 2.56 bits per heavy atom. The molecule has 0 amide bonds. The van der Waals surface area contributed by atoms with Crippen LogP contribution < -0.4 is 5.32 Å². The maximum absolute atomic E-state index is 13.7. The minimum atomic E-state index is -0.801. The van der Waals surface area contributed by atoms with Crippen molar-refractivity contribution in [1.82, 2.24) is 10.2 Å². The molecule has 0 aromatic heterocycles. The zero-order chi connectivity index (χ0) is 12.3. The Labute approximate surface area is 112 Å². The van der Waals surface area contributed by atoms with Crippen LogP contribution in [0.25, 0.3) is 0 Å². The second-order valence-corrected chi connectivity index (χ2v) is 4.11.